The van der Waals surface area contributed by atoms with Crippen molar-refractivity contribution in [2.45, 2.75) is 26.8 Å². The molecule has 96 valence electrons. The fourth-order valence-corrected chi connectivity index (χ4v) is 1.76. The van der Waals surface area contributed by atoms with E-state index in [1.807, 2.05) is 26.8 Å². The summed E-state index contributed by atoms with van der Waals surface area (Å²) in [6, 6.07) is 5.39. The van der Waals surface area contributed by atoms with Gasteiger partial charge in [0.15, 0.2) is 0 Å². The normalized spacial score (nSPS) is 11.0. The Hall–Kier alpha value is -1.91. The van der Waals surface area contributed by atoms with Crippen molar-refractivity contribution in [3.05, 3.63) is 41.6 Å². The van der Waals surface area contributed by atoms with Crippen LogP contribution in [-0.4, -0.2) is 15.8 Å². The molecule has 1 aromatic carbocycles. The number of hydrogen-bond donors (Lipinski definition) is 1. The van der Waals surface area contributed by atoms with Crippen LogP contribution in [0.15, 0.2) is 24.3 Å². The zero-order chi connectivity index (χ0) is 13.3. The van der Waals surface area contributed by atoms with E-state index in [1.54, 1.807) is 0 Å². The maximum absolute atomic E-state index is 13.2. The van der Waals surface area contributed by atoms with Gasteiger partial charge in [0.1, 0.15) is 17.5 Å². The van der Waals surface area contributed by atoms with E-state index in [4.69, 9.17) is 0 Å². The van der Waals surface area contributed by atoms with Gasteiger partial charge in [-0.15, -0.1) is 0 Å². The Morgan fingerprint density at radius 3 is 2.28 bits per heavy atom. The smallest absolute Gasteiger partial charge is 0.130 e. The average molecular weight is 251 g/mol. The standard InChI is InChI=1S/C13H15F2N3/c1-8(2)16-13-4-9(3)17-18(13)12-6-10(14)5-11(15)7-12/h4-8,16H,1-3H3. The van der Waals surface area contributed by atoms with Gasteiger partial charge in [0, 0.05) is 18.2 Å². The van der Waals surface area contributed by atoms with Crippen molar-refractivity contribution in [3.8, 4) is 5.69 Å². The van der Waals surface area contributed by atoms with Crippen molar-refractivity contribution in [3.63, 3.8) is 0 Å². The maximum Gasteiger partial charge on any atom is 0.130 e. The van der Waals surface area contributed by atoms with Crippen molar-refractivity contribution in [2.75, 3.05) is 5.32 Å². The predicted molar refractivity (Wildman–Crippen MR) is 67.0 cm³/mol. The molecule has 0 fully saturated rings. The third kappa shape index (κ3) is 2.67. The predicted octanol–water partition coefficient (Wildman–Crippen LogP) is 3.28. The van der Waals surface area contributed by atoms with Crippen LogP contribution < -0.4 is 5.32 Å². The lowest BCUT2D eigenvalue weighted by Gasteiger charge is -2.12. The minimum absolute atomic E-state index is 0.207. The van der Waals surface area contributed by atoms with Gasteiger partial charge in [0.2, 0.25) is 0 Å². The van der Waals surface area contributed by atoms with Gasteiger partial charge in [-0.3, -0.25) is 0 Å². The Morgan fingerprint density at radius 1 is 1.11 bits per heavy atom. The second kappa shape index (κ2) is 4.76. The third-order valence-corrected chi connectivity index (χ3v) is 2.36. The molecule has 0 unspecified atom stereocenters. The van der Waals surface area contributed by atoms with E-state index in [0.29, 0.717) is 11.5 Å². The fourth-order valence-electron chi connectivity index (χ4n) is 1.76. The van der Waals surface area contributed by atoms with Crippen molar-refractivity contribution in [1.29, 1.82) is 0 Å². The minimum atomic E-state index is -0.617. The van der Waals surface area contributed by atoms with Crippen molar-refractivity contribution >= 4 is 5.82 Å². The van der Waals surface area contributed by atoms with Gasteiger partial charge in [-0.25, -0.2) is 13.5 Å². The van der Waals surface area contributed by atoms with Crippen LogP contribution in [0.1, 0.15) is 19.5 Å². The molecule has 0 aliphatic heterocycles. The summed E-state index contributed by atoms with van der Waals surface area (Å²) in [6.45, 7) is 5.80. The number of hydrogen-bond acceptors (Lipinski definition) is 2. The molecule has 0 radical (unpaired) electrons. The molecule has 0 aliphatic rings. The Bertz CT molecular complexity index is 541. The van der Waals surface area contributed by atoms with E-state index in [0.717, 1.165) is 11.8 Å². The highest BCUT2D eigenvalue weighted by Crippen LogP contribution is 2.19. The summed E-state index contributed by atoms with van der Waals surface area (Å²) >= 11 is 0. The van der Waals surface area contributed by atoms with Crippen LogP contribution in [-0.2, 0) is 0 Å². The van der Waals surface area contributed by atoms with E-state index in [1.165, 1.54) is 16.8 Å². The Balaban J connectivity index is 2.49. The molecule has 0 atom stereocenters. The van der Waals surface area contributed by atoms with Crippen molar-refractivity contribution in [1.82, 2.24) is 9.78 Å². The number of aromatic nitrogens is 2. The van der Waals surface area contributed by atoms with Gasteiger partial charge in [-0.05, 0) is 32.9 Å². The van der Waals surface area contributed by atoms with Gasteiger partial charge in [0.05, 0.1) is 11.4 Å². The molecule has 0 saturated heterocycles. The third-order valence-electron chi connectivity index (χ3n) is 2.36. The Kier molecular flexibility index (Phi) is 3.32. The minimum Gasteiger partial charge on any atom is -0.368 e. The molecule has 0 amide bonds. The summed E-state index contributed by atoms with van der Waals surface area (Å²) in [5.41, 5.74) is 1.14. The Morgan fingerprint density at radius 2 is 1.72 bits per heavy atom. The maximum atomic E-state index is 13.2. The zero-order valence-corrected chi connectivity index (χ0v) is 10.5. The lowest BCUT2D eigenvalue weighted by molar-refractivity contribution is 0.580. The molecule has 1 N–H and O–H groups in total. The molecule has 3 nitrogen and oxygen atoms in total. The van der Waals surface area contributed by atoms with Crippen LogP contribution in [0.4, 0.5) is 14.6 Å². The van der Waals surface area contributed by atoms with E-state index in [9.17, 15) is 8.78 Å². The second-order valence-corrected chi connectivity index (χ2v) is 4.51. The Labute approximate surface area is 104 Å². The summed E-state index contributed by atoms with van der Waals surface area (Å²) < 4.78 is 27.9. The first-order valence-corrected chi connectivity index (χ1v) is 5.75. The first-order valence-electron chi connectivity index (χ1n) is 5.75. The molecule has 2 aromatic rings. The number of nitrogens with zero attached hydrogens (tertiary/aromatic N) is 2. The summed E-state index contributed by atoms with van der Waals surface area (Å²) in [5.74, 6) is -0.519. The molecule has 2 rings (SSSR count). The molecular weight excluding hydrogens is 236 g/mol. The number of aryl methyl sites for hydroxylation is 1. The van der Waals surface area contributed by atoms with E-state index in [2.05, 4.69) is 10.4 Å². The number of rotatable bonds is 3. The largest absolute Gasteiger partial charge is 0.368 e. The highest BCUT2D eigenvalue weighted by atomic mass is 19.1. The van der Waals surface area contributed by atoms with Crippen LogP contribution in [0.5, 0.6) is 0 Å². The van der Waals surface area contributed by atoms with Gasteiger partial charge in [0.25, 0.3) is 0 Å². The lowest BCUT2D eigenvalue weighted by atomic mass is 10.3. The number of benzene rings is 1. The first-order chi connectivity index (χ1) is 8.45. The van der Waals surface area contributed by atoms with E-state index >= 15 is 0 Å². The van der Waals surface area contributed by atoms with E-state index in [-0.39, 0.29) is 6.04 Å². The van der Waals surface area contributed by atoms with Crippen molar-refractivity contribution < 1.29 is 8.78 Å². The molecule has 5 heteroatoms. The number of nitrogens with one attached hydrogen (secondary N) is 1. The highest BCUT2D eigenvalue weighted by Gasteiger charge is 2.10. The van der Waals surface area contributed by atoms with Crippen LogP contribution in [0, 0.1) is 18.6 Å². The van der Waals surface area contributed by atoms with Crippen LogP contribution in [0.3, 0.4) is 0 Å². The van der Waals surface area contributed by atoms with Crippen LogP contribution in [0.2, 0.25) is 0 Å². The molecule has 1 heterocycles. The van der Waals surface area contributed by atoms with Crippen molar-refractivity contribution in [2.24, 2.45) is 0 Å². The van der Waals surface area contributed by atoms with Gasteiger partial charge in [-0.1, -0.05) is 0 Å². The monoisotopic (exact) mass is 251 g/mol. The molecule has 0 aliphatic carbocycles. The SMILES string of the molecule is Cc1cc(NC(C)C)n(-c2cc(F)cc(F)c2)n1. The molecule has 0 spiro atoms. The molecule has 0 bridgehead atoms. The van der Waals surface area contributed by atoms with E-state index < -0.39 is 11.6 Å². The molecule has 1 aromatic heterocycles. The van der Waals surface area contributed by atoms with Gasteiger partial charge >= 0.3 is 0 Å². The highest BCUT2D eigenvalue weighted by molar-refractivity contribution is 5.46. The molecule has 0 saturated carbocycles. The van der Waals surface area contributed by atoms with Crippen LogP contribution in [0.25, 0.3) is 5.69 Å². The molecule has 18 heavy (non-hydrogen) atoms. The van der Waals surface area contributed by atoms with Gasteiger partial charge in [-0.2, -0.15) is 5.10 Å². The summed E-state index contributed by atoms with van der Waals surface area (Å²) in [5, 5.41) is 7.42. The topological polar surface area (TPSA) is 29.9 Å². The quantitative estimate of drug-likeness (QED) is 0.907. The van der Waals surface area contributed by atoms with Crippen LogP contribution >= 0.6 is 0 Å². The zero-order valence-electron chi connectivity index (χ0n) is 10.5. The number of anilines is 1. The second-order valence-electron chi connectivity index (χ2n) is 4.51. The summed E-state index contributed by atoms with van der Waals surface area (Å²) in [7, 11) is 0. The average Bonchev–Trinajstić information content (AvgIpc) is 2.56. The number of halogens is 2. The molecular formula is C13H15F2N3. The summed E-state index contributed by atoms with van der Waals surface area (Å²) in [6.07, 6.45) is 0. The fraction of sp³-hybridized carbons (Fsp3) is 0.308. The van der Waals surface area contributed by atoms with Gasteiger partial charge < -0.3 is 5.32 Å². The summed E-state index contributed by atoms with van der Waals surface area (Å²) in [4.78, 5) is 0. The first kappa shape index (κ1) is 12.5. The lowest BCUT2D eigenvalue weighted by Crippen LogP contribution is -2.13.